The number of halogens is 1. The molecule has 0 spiro atoms. The molecule has 0 amide bonds. The molecule has 1 unspecified atom stereocenters. The van der Waals surface area contributed by atoms with Crippen LogP contribution in [0.5, 0.6) is 0 Å². The third kappa shape index (κ3) is 5.29. The van der Waals surface area contributed by atoms with Crippen molar-refractivity contribution in [3.8, 4) is 0 Å². The number of nitrogens with zero attached hydrogens (tertiary/aromatic N) is 1. The van der Waals surface area contributed by atoms with Gasteiger partial charge in [-0.05, 0) is 29.7 Å². The van der Waals surface area contributed by atoms with Crippen LogP contribution in [0.1, 0.15) is 24.5 Å². The van der Waals surface area contributed by atoms with Gasteiger partial charge in [0.2, 0.25) is 0 Å². The van der Waals surface area contributed by atoms with E-state index in [1.165, 1.54) is 17.7 Å². The van der Waals surface area contributed by atoms with Gasteiger partial charge in [0.05, 0.1) is 6.10 Å². The molecule has 1 atom stereocenters. The van der Waals surface area contributed by atoms with Crippen LogP contribution < -0.4 is 0 Å². The molecule has 2 aromatic rings. The van der Waals surface area contributed by atoms with Crippen LogP contribution >= 0.6 is 0 Å². The van der Waals surface area contributed by atoms with Gasteiger partial charge >= 0.3 is 0 Å². The number of aliphatic hydroxyl groups excluding tert-OH is 1. The largest absolute Gasteiger partial charge is 0.392 e. The van der Waals surface area contributed by atoms with Crippen LogP contribution in [-0.4, -0.2) is 22.7 Å². The fraction of sp³-hybridized carbons (Fsp3) is 0.333. The average molecular weight is 287 g/mol. The first-order chi connectivity index (χ1) is 10.2. The Morgan fingerprint density at radius 2 is 1.52 bits per heavy atom. The van der Waals surface area contributed by atoms with E-state index in [0.717, 1.165) is 18.5 Å². The SMILES string of the molecule is CCC(O)CN(Cc1ccccc1)Cc1ccc(F)cc1. The van der Waals surface area contributed by atoms with Gasteiger partial charge in [-0.2, -0.15) is 0 Å². The second-order valence-electron chi connectivity index (χ2n) is 5.34. The highest BCUT2D eigenvalue weighted by atomic mass is 19.1. The molecular formula is C18H22FNO. The van der Waals surface area contributed by atoms with E-state index in [-0.39, 0.29) is 11.9 Å². The highest BCUT2D eigenvalue weighted by Gasteiger charge is 2.11. The predicted octanol–water partition coefficient (Wildman–Crippen LogP) is 3.60. The Labute approximate surface area is 125 Å². The smallest absolute Gasteiger partial charge is 0.123 e. The Hall–Kier alpha value is -1.71. The van der Waals surface area contributed by atoms with E-state index >= 15 is 0 Å². The summed E-state index contributed by atoms with van der Waals surface area (Å²) in [6, 6.07) is 16.7. The maximum atomic E-state index is 13.0. The van der Waals surface area contributed by atoms with Crippen LogP contribution in [0.15, 0.2) is 54.6 Å². The molecule has 0 heterocycles. The molecule has 2 aromatic carbocycles. The summed E-state index contributed by atoms with van der Waals surface area (Å²) in [7, 11) is 0. The summed E-state index contributed by atoms with van der Waals surface area (Å²) in [4.78, 5) is 2.19. The van der Waals surface area contributed by atoms with Crippen molar-refractivity contribution in [2.45, 2.75) is 32.5 Å². The van der Waals surface area contributed by atoms with Gasteiger partial charge in [0.15, 0.2) is 0 Å². The first-order valence-electron chi connectivity index (χ1n) is 7.36. The van der Waals surface area contributed by atoms with Gasteiger partial charge in [0, 0.05) is 19.6 Å². The summed E-state index contributed by atoms with van der Waals surface area (Å²) in [5.74, 6) is -0.220. The highest BCUT2D eigenvalue weighted by molar-refractivity contribution is 5.17. The first-order valence-corrected chi connectivity index (χ1v) is 7.36. The summed E-state index contributed by atoms with van der Waals surface area (Å²) < 4.78 is 13.0. The number of rotatable bonds is 7. The lowest BCUT2D eigenvalue weighted by Gasteiger charge is -2.25. The van der Waals surface area contributed by atoms with Gasteiger partial charge < -0.3 is 5.11 Å². The molecule has 2 nitrogen and oxygen atoms in total. The summed E-state index contributed by atoms with van der Waals surface area (Å²) in [5, 5.41) is 9.93. The maximum absolute atomic E-state index is 13.0. The van der Waals surface area contributed by atoms with Crippen molar-refractivity contribution < 1.29 is 9.50 Å². The summed E-state index contributed by atoms with van der Waals surface area (Å²) in [5.41, 5.74) is 2.26. The molecule has 0 fully saturated rings. The van der Waals surface area contributed by atoms with Gasteiger partial charge in [-0.25, -0.2) is 4.39 Å². The van der Waals surface area contributed by atoms with Gasteiger partial charge in [-0.3, -0.25) is 4.90 Å². The Balaban J connectivity index is 2.06. The third-order valence-electron chi connectivity index (χ3n) is 3.51. The molecule has 112 valence electrons. The topological polar surface area (TPSA) is 23.5 Å². The molecule has 0 bridgehead atoms. The summed E-state index contributed by atoms with van der Waals surface area (Å²) in [6.07, 6.45) is 0.392. The molecule has 2 rings (SSSR count). The third-order valence-corrected chi connectivity index (χ3v) is 3.51. The van der Waals surface area contributed by atoms with Crippen molar-refractivity contribution in [2.24, 2.45) is 0 Å². The Bertz CT molecular complexity index is 527. The van der Waals surface area contributed by atoms with Crippen molar-refractivity contribution in [2.75, 3.05) is 6.54 Å². The maximum Gasteiger partial charge on any atom is 0.123 e. The molecule has 0 aliphatic carbocycles. The fourth-order valence-electron chi connectivity index (χ4n) is 2.30. The molecule has 0 aliphatic rings. The van der Waals surface area contributed by atoms with E-state index in [1.54, 1.807) is 12.1 Å². The van der Waals surface area contributed by atoms with Crippen molar-refractivity contribution in [3.63, 3.8) is 0 Å². The summed E-state index contributed by atoms with van der Waals surface area (Å²) in [6.45, 7) is 4.06. The van der Waals surface area contributed by atoms with Crippen LogP contribution in [-0.2, 0) is 13.1 Å². The van der Waals surface area contributed by atoms with Crippen molar-refractivity contribution in [1.82, 2.24) is 4.90 Å². The Morgan fingerprint density at radius 3 is 2.10 bits per heavy atom. The van der Waals surface area contributed by atoms with E-state index in [1.807, 2.05) is 25.1 Å². The minimum absolute atomic E-state index is 0.220. The molecular weight excluding hydrogens is 265 g/mol. The number of benzene rings is 2. The first kappa shape index (κ1) is 15.7. The van der Waals surface area contributed by atoms with Gasteiger partial charge in [-0.1, -0.05) is 49.4 Å². The lowest BCUT2D eigenvalue weighted by Crippen LogP contribution is -2.31. The molecule has 0 aliphatic heterocycles. The lowest BCUT2D eigenvalue weighted by molar-refractivity contribution is 0.101. The van der Waals surface area contributed by atoms with Crippen molar-refractivity contribution in [3.05, 3.63) is 71.5 Å². The zero-order chi connectivity index (χ0) is 15.1. The lowest BCUT2D eigenvalue weighted by atomic mass is 10.1. The van der Waals surface area contributed by atoms with E-state index < -0.39 is 0 Å². The zero-order valence-corrected chi connectivity index (χ0v) is 12.4. The number of aliphatic hydroxyl groups is 1. The molecule has 0 saturated heterocycles. The Kier molecular flexibility index (Phi) is 5.90. The monoisotopic (exact) mass is 287 g/mol. The van der Waals surface area contributed by atoms with E-state index in [0.29, 0.717) is 13.1 Å². The van der Waals surface area contributed by atoms with Gasteiger partial charge in [0.1, 0.15) is 5.82 Å². The van der Waals surface area contributed by atoms with Crippen molar-refractivity contribution >= 4 is 0 Å². The molecule has 0 radical (unpaired) electrons. The fourth-order valence-corrected chi connectivity index (χ4v) is 2.30. The normalized spacial score (nSPS) is 12.6. The van der Waals surface area contributed by atoms with Crippen LogP contribution in [0.4, 0.5) is 4.39 Å². The molecule has 0 saturated carbocycles. The number of hydrogen-bond donors (Lipinski definition) is 1. The average Bonchev–Trinajstić information content (AvgIpc) is 2.50. The molecule has 3 heteroatoms. The van der Waals surface area contributed by atoms with E-state index in [4.69, 9.17) is 0 Å². The quantitative estimate of drug-likeness (QED) is 0.841. The van der Waals surface area contributed by atoms with E-state index in [9.17, 15) is 9.50 Å². The molecule has 1 N–H and O–H groups in total. The van der Waals surface area contributed by atoms with Crippen LogP contribution in [0, 0.1) is 5.82 Å². The Morgan fingerprint density at radius 1 is 0.952 bits per heavy atom. The molecule has 21 heavy (non-hydrogen) atoms. The second-order valence-corrected chi connectivity index (χ2v) is 5.34. The predicted molar refractivity (Wildman–Crippen MR) is 83.3 cm³/mol. The van der Waals surface area contributed by atoms with Gasteiger partial charge in [0.25, 0.3) is 0 Å². The van der Waals surface area contributed by atoms with E-state index in [2.05, 4.69) is 17.0 Å². The van der Waals surface area contributed by atoms with Gasteiger partial charge in [-0.15, -0.1) is 0 Å². The van der Waals surface area contributed by atoms with Crippen LogP contribution in [0.3, 0.4) is 0 Å². The van der Waals surface area contributed by atoms with Crippen LogP contribution in [0.2, 0.25) is 0 Å². The number of hydrogen-bond acceptors (Lipinski definition) is 2. The van der Waals surface area contributed by atoms with Crippen molar-refractivity contribution in [1.29, 1.82) is 0 Å². The highest BCUT2D eigenvalue weighted by Crippen LogP contribution is 2.12. The minimum atomic E-state index is -0.339. The summed E-state index contributed by atoms with van der Waals surface area (Å²) >= 11 is 0. The second kappa shape index (κ2) is 7.91. The van der Waals surface area contributed by atoms with Crippen LogP contribution in [0.25, 0.3) is 0 Å². The minimum Gasteiger partial charge on any atom is -0.392 e. The standard InChI is InChI=1S/C18H22FNO/c1-2-18(21)14-20(12-15-6-4-3-5-7-15)13-16-8-10-17(19)11-9-16/h3-11,18,21H,2,12-14H2,1H3. The molecule has 0 aromatic heterocycles. The zero-order valence-electron chi connectivity index (χ0n) is 12.4.